The van der Waals surface area contributed by atoms with E-state index in [0.29, 0.717) is 12.4 Å². The van der Waals surface area contributed by atoms with Crippen LogP contribution in [0.1, 0.15) is 17.2 Å². The molecule has 0 spiro atoms. The summed E-state index contributed by atoms with van der Waals surface area (Å²) in [4.78, 5) is 10.6. The standard InChI is InChI=1S/C10H9ClO5/c11-7-1-5-3-15-4-16-8(5)2-6(7)9(12)10(13)14/h1-2,9,12H,3-4H2,(H,13,14). The van der Waals surface area contributed by atoms with Crippen molar-refractivity contribution >= 4 is 17.6 Å². The fourth-order valence-corrected chi connectivity index (χ4v) is 1.75. The van der Waals surface area contributed by atoms with Crippen molar-refractivity contribution in [1.82, 2.24) is 0 Å². The van der Waals surface area contributed by atoms with Gasteiger partial charge < -0.3 is 19.7 Å². The van der Waals surface area contributed by atoms with Crippen LogP contribution in [0.25, 0.3) is 0 Å². The Kier molecular flexibility index (Phi) is 3.00. The number of halogens is 1. The fourth-order valence-electron chi connectivity index (χ4n) is 1.46. The number of carboxylic acid groups (broad SMARTS) is 1. The zero-order chi connectivity index (χ0) is 11.7. The summed E-state index contributed by atoms with van der Waals surface area (Å²) in [7, 11) is 0. The lowest BCUT2D eigenvalue weighted by Crippen LogP contribution is -2.15. The van der Waals surface area contributed by atoms with Crippen molar-refractivity contribution in [2.45, 2.75) is 12.7 Å². The monoisotopic (exact) mass is 244 g/mol. The minimum Gasteiger partial charge on any atom is -0.479 e. The largest absolute Gasteiger partial charge is 0.479 e. The van der Waals surface area contributed by atoms with E-state index in [1.54, 1.807) is 0 Å². The Morgan fingerprint density at radius 2 is 2.25 bits per heavy atom. The van der Waals surface area contributed by atoms with Crippen LogP contribution in [-0.4, -0.2) is 23.0 Å². The number of hydrogen-bond acceptors (Lipinski definition) is 4. The molecule has 0 fully saturated rings. The molecule has 0 aliphatic carbocycles. The fraction of sp³-hybridized carbons (Fsp3) is 0.300. The van der Waals surface area contributed by atoms with Crippen LogP contribution in [0.15, 0.2) is 12.1 Å². The second kappa shape index (κ2) is 4.29. The molecule has 1 aromatic carbocycles. The minimum atomic E-state index is -1.65. The molecule has 2 rings (SSSR count). The van der Waals surface area contributed by atoms with Crippen LogP contribution in [0.5, 0.6) is 5.75 Å². The zero-order valence-corrected chi connectivity index (χ0v) is 8.90. The SMILES string of the molecule is O=C(O)C(O)c1cc2c(cc1Cl)COCO2. The van der Waals surface area contributed by atoms with Gasteiger partial charge in [0.2, 0.25) is 0 Å². The van der Waals surface area contributed by atoms with Crippen LogP contribution >= 0.6 is 11.6 Å². The predicted molar refractivity (Wildman–Crippen MR) is 54.3 cm³/mol. The molecule has 0 radical (unpaired) electrons. The molecule has 0 saturated carbocycles. The lowest BCUT2D eigenvalue weighted by molar-refractivity contribution is -0.146. The van der Waals surface area contributed by atoms with E-state index in [1.807, 2.05) is 0 Å². The Balaban J connectivity index is 2.43. The van der Waals surface area contributed by atoms with Crippen molar-refractivity contribution in [1.29, 1.82) is 0 Å². The van der Waals surface area contributed by atoms with E-state index in [4.69, 9.17) is 26.2 Å². The lowest BCUT2D eigenvalue weighted by atomic mass is 10.1. The van der Waals surface area contributed by atoms with E-state index in [-0.39, 0.29) is 17.4 Å². The first-order chi connectivity index (χ1) is 7.59. The summed E-state index contributed by atoms with van der Waals surface area (Å²) in [5, 5.41) is 18.3. The molecule has 0 amide bonds. The minimum absolute atomic E-state index is 0.108. The normalized spacial score (nSPS) is 16.1. The van der Waals surface area contributed by atoms with Gasteiger partial charge >= 0.3 is 5.97 Å². The van der Waals surface area contributed by atoms with Crippen molar-refractivity contribution in [2.24, 2.45) is 0 Å². The van der Waals surface area contributed by atoms with Crippen molar-refractivity contribution in [3.63, 3.8) is 0 Å². The smallest absolute Gasteiger partial charge is 0.337 e. The molecule has 1 aromatic rings. The lowest BCUT2D eigenvalue weighted by Gasteiger charge is -2.20. The van der Waals surface area contributed by atoms with Crippen LogP contribution in [0.3, 0.4) is 0 Å². The number of hydrogen-bond donors (Lipinski definition) is 2. The number of aliphatic carboxylic acids is 1. The molecule has 16 heavy (non-hydrogen) atoms. The molecule has 0 aromatic heterocycles. The predicted octanol–water partition coefficient (Wildman–Crippen LogP) is 1.32. The summed E-state index contributed by atoms with van der Waals surface area (Å²) in [6, 6.07) is 2.97. The summed E-state index contributed by atoms with van der Waals surface area (Å²) in [5.74, 6) is -0.861. The molecule has 5 nitrogen and oxygen atoms in total. The van der Waals surface area contributed by atoms with Gasteiger partial charge in [0.25, 0.3) is 0 Å². The van der Waals surface area contributed by atoms with E-state index in [9.17, 15) is 9.90 Å². The third-order valence-corrected chi connectivity index (χ3v) is 2.59. The van der Waals surface area contributed by atoms with E-state index in [1.165, 1.54) is 12.1 Å². The van der Waals surface area contributed by atoms with Crippen LogP contribution < -0.4 is 4.74 Å². The van der Waals surface area contributed by atoms with Gasteiger partial charge in [0.1, 0.15) is 5.75 Å². The van der Waals surface area contributed by atoms with Crippen LogP contribution in [0.2, 0.25) is 5.02 Å². The first kappa shape index (κ1) is 11.2. The molecule has 1 atom stereocenters. The summed E-state index contributed by atoms with van der Waals surface area (Å²) < 4.78 is 10.2. The molecule has 1 heterocycles. The molecule has 0 bridgehead atoms. The van der Waals surface area contributed by atoms with Crippen molar-refractivity contribution < 1.29 is 24.5 Å². The first-order valence-electron chi connectivity index (χ1n) is 4.53. The van der Waals surface area contributed by atoms with Gasteiger partial charge in [0.05, 0.1) is 6.61 Å². The highest BCUT2D eigenvalue weighted by molar-refractivity contribution is 6.31. The summed E-state index contributed by atoms with van der Waals surface area (Å²) >= 11 is 5.87. The maximum atomic E-state index is 10.6. The van der Waals surface area contributed by atoms with Gasteiger partial charge in [-0.1, -0.05) is 11.6 Å². The van der Waals surface area contributed by atoms with E-state index in [2.05, 4.69) is 0 Å². The van der Waals surface area contributed by atoms with Gasteiger partial charge in [0.15, 0.2) is 12.9 Å². The number of aliphatic hydroxyl groups excluding tert-OH is 1. The average molecular weight is 245 g/mol. The summed E-state index contributed by atoms with van der Waals surface area (Å²) in [6.07, 6.45) is -1.65. The first-order valence-corrected chi connectivity index (χ1v) is 4.91. The van der Waals surface area contributed by atoms with E-state index < -0.39 is 12.1 Å². The highest BCUT2D eigenvalue weighted by Crippen LogP contribution is 2.33. The Labute approximate surface area is 96.2 Å². The molecule has 6 heteroatoms. The van der Waals surface area contributed by atoms with Crippen LogP contribution in [0, 0.1) is 0 Å². The maximum absolute atomic E-state index is 10.6. The average Bonchev–Trinajstić information content (AvgIpc) is 2.27. The summed E-state index contributed by atoms with van der Waals surface area (Å²) in [6.45, 7) is 0.468. The molecule has 1 unspecified atom stereocenters. The van der Waals surface area contributed by atoms with E-state index >= 15 is 0 Å². The van der Waals surface area contributed by atoms with Crippen molar-refractivity contribution in [3.05, 3.63) is 28.3 Å². The highest BCUT2D eigenvalue weighted by Gasteiger charge is 2.22. The van der Waals surface area contributed by atoms with Crippen molar-refractivity contribution in [2.75, 3.05) is 6.79 Å². The van der Waals surface area contributed by atoms with Crippen molar-refractivity contribution in [3.8, 4) is 5.75 Å². The Morgan fingerprint density at radius 1 is 1.50 bits per heavy atom. The van der Waals surface area contributed by atoms with Gasteiger partial charge in [-0.25, -0.2) is 4.79 Å². The van der Waals surface area contributed by atoms with Gasteiger partial charge in [-0.2, -0.15) is 0 Å². The quantitative estimate of drug-likeness (QED) is 0.821. The van der Waals surface area contributed by atoms with Crippen LogP contribution in [-0.2, 0) is 16.1 Å². The second-order valence-corrected chi connectivity index (χ2v) is 3.74. The number of fused-ring (bicyclic) bond motifs is 1. The highest BCUT2D eigenvalue weighted by atomic mass is 35.5. The molecule has 86 valence electrons. The Morgan fingerprint density at radius 3 is 2.94 bits per heavy atom. The van der Waals surface area contributed by atoms with Crippen LogP contribution in [0.4, 0.5) is 0 Å². The number of benzene rings is 1. The molecule has 2 N–H and O–H groups in total. The number of carboxylic acids is 1. The van der Waals surface area contributed by atoms with Gasteiger partial charge in [-0.3, -0.25) is 0 Å². The molecule has 0 saturated heterocycles. The van der Waals surface area contributed by atoms with Gasteiger partial charge in [0, 0.05) is 16.1 Å². The molecular formula is C10H9ClO5. The molecule has 1 aliphatic heterocycles. The van der Waals surface area contributed by atoms with Gasteiger partial charge in [-0.05, 0) is 12.1 Å². The molecule has 1 aliphatic rings. The number of rotatable bonds is 2. The van der Waals surface area contributed by atoms with Gasteiger partial charge in [-0.15, -0.1) is 0 Å². The maximum Gasteiger partial charge on any atom is 0.337 e. The Hall–Kier alpha value is -1.30. The summed E-state index contributed by atoms with van der Waals surface area (Å²) in [5.41, 5.74) is 0.854. The third-order valence-electron chi connectivity index (χ3n) is 2.26. The number of ether oxygens (including phenoxy) is 2. The number of carbonyl (C=O) groups is 1. The Bertz CT molecular complexity index is 431. The zero-order valence-electron chi connectivity index (χ0n) is 8.14. The number of aliphatic hydroxyl groups is 1. The topological polar surface area (TPSA) is 76.0 Å². The van der Waals surface area contributed by atoms with E-state index in [0.717, 1.165) is 5.56 Å². The molecular weight excluding hydrogens is 236 g/mol. The second-order valence-electron chi connectivity index (χ2n) is 3.33. The third kappa shape index (κ3) is 1.97.